The van der Waals surface area contributed by atoms with Crippen LogP contribution in [0, 0.1) is 20.2 Å². The number of fused-ring (bicyclic) bond motifs is 3. The van der Waals surface area contributed by atoms with E-state index in [0.29, 0.717) is 28.7 Å². The highest BCUT2D eigenvalue weighted by atomic mass is 16.6. The molecule has 2 aromatic carbocycles. The van der Waals surface area contributed by atoms with E-state index in [9.17, 15) is 25.0 Å². The molecule has 8 heteroatoms. The molecule has 3 rings (SSSR count). The number of esters is 1. The molecule has 0 bridgehead atoms. The lowest BCUT2D eigenvalue weighted by atomic mass is 9.98. The lowest BCUT2D eigenvalue weighted by Crippen LogP contribution is -2.09. The lowest BCUT2D eigenvalue weighted by Gasteiger charge is -2.10. The second-order valence-corrected chi connectivity index (χ2v) is 8.52. The number of nitro groups is 2. The first-order chi connectivity index (χ1) is 15.9. The monoisotopic (exact) mass is 454 g/mol. The Balaban J connectivity index is 1.64. The van der Waals surface area contributed by atoms with Crippen molar-refractivity contribution < 1.29 is 19.4 Å². The molecule has 0 amide bonds. The molecule has 0 saturated heterocycles. The van der Waals surface area contributed by atoms with Crippen LogP contribution in [0.3, 0.4) is 0 Å². The molecule has 1 aliphatic rings. The second kappa shape index (κ2) is 11.5. The van der Waals surface area contributed by atoms with Crippen molar-refractivity contribution in [3.8, 4) is 11.1 Å². The van der Waals surface area contributed by atoms with Gasteiger partial charge < -0.3 is 4.74 Å². The fourth-order valence-electron chi connectivity index (χ4n) is 4.35. The number of nitro benzene ring substituents is 2. The number of nitrogens with zero attached hydrogens (tertiary/aromatic N) is 2. The summed E-state index contributed by atoms with van der Waals surface area (Å²) in [5.41, 5.74) is 2.44. The van der Waals surface area contributed by atoms with Gasteiger partial charge in [0.25, 0.3) is 11.4 Å². The van der Waals surface area contributed by atoms with Gasteiger partial charge in [0.15, 0.2) is 0 Å². The molecule has 0 saturated carbocycles. The van der Waals surface area contributed by atoms with Gasteiger partial charge in [-0.25, -0.2) is 4.79 Å². The normalized spacial score (nSPS) is 11.7. The van der Waals surface area contributed by atoms with Crippen molar-refractivity contribution in [3.05, 3.63) is 67.3 Å². The first-order valence-electron chi connectivity index (χ1n) is 11.7. The Labute approximate surface area is 193 Å². The third-order valence-electron chi connectivity index (χ3n) is 6.07. The molecular weight excluding hydrogens is 424 g/mol. The zero-order valence-electron chi connectivity index (χ0n) is 19.0. The maximum absolute atomic E-state index is 12.8. The van der Waals surface area contributed by atoms with Crippen LogP contribution in [0.2, 0.25) is 0 Å². The summed E-state index contributed by atoms with van der Waals surface area (Å²) in [4.78, 5) is 34.3. The number of unbranched alkanes of at least 4 members (excludes halogenated alkanes) is 8. The summed E-state index contributed by atoms with van der Waals surface area (Å²) in [7, 11) is 0. The molecule has 0 spiro atoms. The molecule has 0 heterocycles. The predicted molar refractivity (Wildman–Crippen MR) is 126 cm³/mol. The third kappa shape index (κ3) is 6.15. The Morgan fingerprint density at radius 3 is 2.09 bits per heavy atom. The SMILES string of the molecule is CCCCCCCCCCCOC(=O)c1cc([N+](=O)[O-])cc2c1-c1ccc([N+](=O)[O-])cc1C2. The van der Waals surface area contributed by atoms with Crippen LogP contribution in [0.15, 0.2) is 30.3 Å². The van der Waals surface area contributed by atoms with E-state index in [1.165, 1.54) is 62.8 Å². The summed E-state index contributed by atoms with van der Waals surface area (Å²) >= 11 is 0. The molecule has 0 fully saturated rings. The Bertz CT molecular complexity index is 1030. The average molecular weight is 455 g/mol. The third-order valence-corrected chi connectivity index (χ3v) is 6.07. The van der Waals surface area contributed by atoms with E-state index in [1.807, 2.05) is 0 Å². The van der Waals surface area contributed by atoms with Crippen molar-refractivity contribution in [2.75, 3.05) is 6.61 Å². The summed E-state index contributed by atoms with van der Waals surface area (Å²) in [6, 6.07) is 7.11. The smallest absolute Gasteiger partial charge is 0.339 e. The molecule has 2 aromatic rings. The van der Waals surface area contributed by atoms with E-state index in [4.69, 9.17) is 4.74 Å². The van der Waals surface area contributed by atoms with E-state index in [-0.39, 0.29) is 23.5 Å². The summed E-state index contributed by atoms with van der Waals surface area (Å²) in [6.45, 7) is 2.47. The summed E-state index contributed by atoms with van der Waals surface area (Å²) < 4.78 is 5.45. The van der Waals surface area contributed by atoms with Crippen LogP contribution in [0.4, 0.5) is 11.4 Å². The van der Waals surface area contributed by atoms with Crippen LogP contribution in [-0.2, 0) is 11.2 Å². The number of hydrogen-bond donors (Lipinski definition) is 0. The minimum absolute atomic E-state index is 0.0504. The highest BCUT2D eigenvalue weighted by molar-refractivity contribution is 6.01. The van der Waals surface area contributed by atoms with E-state index < -0.39 is 15.8 Å². The largest absolute Gasteiger partial charge is 0.462 e. The van der Waals surface area contributed by atoms with Crippen LogP contribution in [0.25, 0.3) is 11.1 Å². The first kappa shape index (κ1) is 24.4. The topological polar surface area (TPSA) is 113 Å². The van der Waals surface area contributed by atoms with Crippen LogP contribution in [-0.4, -0.2) is 22.4 Å². The average Bonchev–Trinajstić information content (AvgIpc) is 3.17. The van der Waals surface area contributed by atoms with Crippen molar-refractivity contribution in [2.45, 2.75) is 71.1 Å². The van der Waals surface area contributed by atoms with Gasteiger partial charge in [0.2, 0.25) is 0 Å². The quantitative estimate of drug-likeness (QED) is 0.122. The number of hydrogen-bond acceptors (Lipinski definition) is 6. The van der Waals surface area contributed by atoms with Gasteiger partial charge in [0.05, 0.1) is 22.0 Å². The summed E-state index contributed by atoms with van der Waals surface area (Å²) in [6.07, 6.45) is 10.6. The standard InChI is InChI=1S/C25H30N2O6/c1-2-3-4-5-6-7-8-9-10-13-33-25(28)23-17-21(27(31)32)16-19-14-18-15-20(26(29)30)11-12-22(18)24(19)23/h11-12,15-17H,2-10,13-14H2,1H3. The van der Waals surface area contributed by atoms with Crippen molar-refractivity contribution in [1.82, 2.24) is 0 Å². The fourth-order valence-corrected chi connectivity index (χ4v) is 4.35. The molecule has 0 atom stereocenters. The zero-order chi connectivity index (χ0) is 23.8. The molecule has 176 valence electrons. The summed E-state index contributed by atoms with van der Waals surface area (Å²) in [5.74, 6) is -0.597. The van der Waals surface area contributed by atoms with Gasteiger partial charge in [0, 0.05) is 29.8 Å². The van der Waals surface area contributed by atoms with Crippen molar-refractivity contribution in [1.29, 1.82) is 0 Å². The summed E-state index contributed by atoms with van der Waals surface area (Å²) in [5, 5.41) is 22.5. The number of carbonyl (C=O) groups excluding carboxylic acids is 1. The number of rotatable bonds is 13. The van der Waals surface area contributed by atoms with E-state index in [2.05, 4.69) is 6.92 Å². The molecule has 0 N–H and O–H groups in total. The lowest BCUT2D eigenvalue weighted by molar-refractivity contribution is -0.385. The van der Waals surface area contributed by atoms with Crippen molar-refractivity contribution in [2.24, 2.45) is 0 Å². The molecule has 0 radical (unpaired) electrons. The van der Waals surface area contributed by atoms with Crippen LogP contribution in [0.1, 0.15) is 86.2 Å². The van der Waals surface area contributed by atoms with Gasteiger partial charge in [0.1, 0.15) is 0 Å². The van der Waals surface area contributed by atoms with Gasteiger partial charge in [-0.3, -0.25) is 20.2 Å². The fraction of sp³-hybridized carbons (Fsp3) is 0.480. The van der Waals surface area contributed by atoms with E-state index in [0.717, 1.165) is 19.3 Å². The highest BCUT2D eigenvalue weighted by Gasteiger charge is 2.29. The number of benzene rings is 2. The minimum atomic E-state index is -0.597. The molecule has 1 aliphatic carbocycles. The Morgan fingerprint density at radius 2 is 1.45 bits per heavy atom. The van der Waals surface area contributed by atoms with Gasteiger partial charge >= 0.3 is 5.97 Å². The predicted octanol–water partition coefficient (Wildman–Crippen LogP) is 6.76. The van der Waals surface area contributed by atoms with Crippen LogP contribution in [0.5, 0.6) is 0 Å². The maximum atomic E-state index is 12.8. The molecular formula is C25H30N2O6. The maximum Gasteiger partial charge on any atom is 0.339 e. The van der Waals surface area contributed by atoms with Crippen molar-refractivity contribution >= 4 is 17.3 Å². The van der Waals surface area contributed by atoms with Gasteiger partial charge in [-0.15, -0.1) is 0 Å². The Kier molecular flexibility index (Phi) is 8.52. The molecule has 0 aliphatic heterocycles. The first-order valence-corrected chi connectivity index (χ1v) is 11.7. The molecule has 0 aromatic heterocycles. The van der Waals surface area contributed by atoms with Crippen LogP contribution >= 0.6 is 0 Å². The number of non-ortho nitro benzene ring substituents is 2. The number of ether oxygens (including phenoxy) is 1. The molecule has 0 unspecified atom stereocenters. The van der Waals surface area contributed by atoms with Crippen molar-refractivity contribution in [3.63, 3.8) is 0 Å². The molecule has 33 heavy (non-hydrogen) atoms. The highest BCUT2D eigenvalue weighted by Crippen LogP contribution is 2.42. The zero-order valence-corrected chi connectivity index (χ0v) is 19.0. The van der Waals surface area contributed by atoms with Gasteiger partial charge in [-0.1, -0.05) is 58.3 Å². The van der Waals surface area contributed by atoms with Gasteiger partial charge in [-0.2, -0.15) is 0 Å². The van der Waals surface area contributed by atoms with E-state index >= 15 is 0 Å². The Morgan fingerprint density at radius 1 is 0.848 bits per heavy atom. The minimum Gasteiger partial charge on any atom is -0.462 e. The van der Waals surface area contributed by atoms with Gasteiger partial charge in [-0.05, 0) is 35.6 Å². The van der Waals surface area contributed by atoms with E-state index in [1.54, 1.807) is 6.07 Å². The molecule has 8 nitrogen and oxygen atoms in total. The second-order valence-electron chi connectivity index (χ2n) is 8.52. The number of carbonyl (C=O) groups is 1. The van der Waals surface area contributed by atoms with Crippen LogP contribution < -0.4 is 0 Å². The Hall–Kier alpha value is -3.29.